The maximum absolute atomic E-state index is 3.26. The molecular weight excluding hydrogens is 282 g/mol. The molecule has 0 atom stereocenters. The third kappa shape index (κ3) is 6.43. The van der Waals surface area contributed by atoms with Gasteiger partial charge in [-0.05, 0) is 49.2 Å². The Hall–Kier alpha value is -1.84. The molecule has 0 aliphatic rings. The van der Waals surface area contributed by atoms with E-state index in [9.17, 15) is 0 Å². The van der Waals surface area contributed by atoms with Crippen molar-refractivity contribution in [2.24, 2.45) is 0 Å². The van der Waals surface area contributed by atoms with Crippen molar-refractivity contribution in [3.63, 3.8) is 0 Å². The molecule has 0 aliphatic carbocycles. The van der Waals surface area contributed by atoms with Crippen molar-refractivity contribution in [3.05, 3.63) is 65.7 Å². The molecule has 0 bridgehead atoms. The molecule has 0 spiro atoms. The summed E-state index contributed by atoms with van der Waals surface area (Å²) in [6.07, 6.45) is 2.43. The van der Waals surface area contributed by atoms with E-state index in [4.69, 9.17) is 0 Å². The van der Waals surface area contributed by atoms with Crippen molar-refractivity contribution in [1.29, 1.82) is 0 Å². The summed E-state index contributed by atoms with van der Waals surface area (Å²) in [7, 11) is 0. The maximum atomic E-state index is 3.26. The molecule has 2 aromatic rings. The van der Waals surface area contributed by atoms with E-state index in [2.05, 4.69) is 53.9 Å². The van der Waals surface area contributed by atoms with Crippen molar-refractivity contribution in [2.45, 2.75) is 39.8 Å². The maximum Gasteiger partial charge on any atom is 0.0487 e. The Bertz CT molecular complexity index is 531. The summed E-state index contributed by atoms with van der Waals surface area (Å²) in [5, 5.41) is 0. The largest absolute Gasteiger partial charge is 0.321 e. The van der Waals surface area contributed by atoms with Gasteiger partial charge in [0.2, 0.25) is 0 Å². The van der Waals surface area contributed by atoms with E-state index in [0.717, 1.165) is 18.8 Å². The minimum Gasteiger partial charge on any atom is -0.321 e. The van der Waals surface area contributed by atoms with Crippen LogP contribution in [-0.2, 0) is 13.1 Å². The third-order valence-corrected chi connectivity index (χ3v) is 3.81. The molecule has 0 saturated heterocycles. The van der Waals surface area contributed by atoms with Gasteiger partial charge in [-0.25, -0.2) is 5.43 Å². The molecule has 3 heteroatoms. The summed E-state index contributed by atoms with van der Waals surface area (Å²) < 4.78 is 0. The number of anilines is 1. The highest BCUT2D eigenvalue weighted by Crippen LogP contribution is 2.09. The third-order valence-electron chi connectivity index (χ3n) is 3.81. The van der Waals surface area contributed by atoms with Crippen molar-refractivity contribution in [1.82, 2.24) is 10.3 Å². The van der Waals surface area contributed by atoms with E-state index in [-0.39, 0.29) is 0 Å². The normalized spacial score (nSPS) is 10.9. The number of nitrogens with one attached hydrogen (secondary N) is 2. The van der Waals surface area contributed by atoms with Crippen LogP contribution < -0.4 is 10.9 Å². The average Bonchev–Trinajstić information content (AvgIpc) is 2.58. The predicted octanol–water partition coefficient (Wildman–Crippen LogP) is 4.43. The molecule has 0 aromatic heterocycles. The van der Waals surface area contributed by atoms with Crippen LogP contribution in [0.4, 0.5) is 5.69 Å². The van der Waals surface area contributed by atoms with Gasteiger partial charge in [0.1, 0.15) is 0 Å². The molecule has 0 fully saturated rings. The summed E-state index contributed by atoms with van der Waals surface area (Å²) in [5.41, 5.74) is 10.2. The lowest BCUT2D eigenvalue weighted by atomic mass is 10.1. The second-order valence-electron chi connectivity index (χ2n) is 5.94. The predicted molar refractivity (Wildman–Crippen MR) is 99.2 cm³/mol. The highest BCUT2D eigenvalue weighted by molar-refractivity contribution is 5.41. The topological polar surface area (TPSA) is 27.3 Å². The first-order chi connectivity index (χ1) is 11.3. The van der Waals surface area contributed by atoms with Crippen LogP contribution in [0.1, 0.15) is 37.8 Å². The molecule has 0 saturated carbocycles. The van der Waals surface area contributed by atoms with Gasteiger partial charge in [-0.3, -0.25) is 4.90 Å². The monoisotopic (exact) mass is 311 g/mol. The SMILES string of the molecule is CCCN(CCC)Cc1ccc(CNNc2ccccc2)cc1. The molecule has 0 amide bonds. The van der Waals surface area contributed by atoms with Gasteiger partial charge in [0, 0.05) is 18.8 Å². The van der Waals surface area contributed by atoms with Crippen LogP contribution in [0, 0.1) is 0 Å². The van der Waals surface area contributed by atoms with Crippen molar-refractivity contribution in [3.8, 4) is 0 Å². The Balaban J connectivity index is 1.79. The van der Waals surface area contributed by atoms with E-state index >= 15 is 0 Å². The fraction of sp³-hybridized carbons (Fsp3) is 0.400. The van der Waals surface area contributed by atoms with Gasteiger partial charge >= 0.3 is 0 Å². The number of hydrogen-bond acceptors (Lipinski definition) is 3. The van der Waals surface area contributed by atoms with Gasteiger partial charge in [-0.1, -0.05) is 56.3 Å². The zero-order chi connectivity index (χ0) is 16.3. The van der Waals surface area contributed by atoms with Crippen LogP contribution in [0.2, 0.25) is 0 Å². The fourth-order valence-corrected chi connectivity index (χ4v) is 2.69. The molecule has 0 heterocycles. The molecule has 2 N–H and O–H groups in total. The lowest BCUT2D eigenvalue weighted by Gasteiger charge is -2.21. The number of para-hydroxylation sites is 1. The van der Waals surface area contributed by atoms with Crippen molar-refractivity contribution in [2.75, 3.05) is 18.5 Å². The Morgan fingerprint density at radius 1 is 0.783 bits per heavy atom. The minimum atomic E-state index is 0.808. The van der Waals surface area contributed by atoms with Crippen molar-refractivity contribution < 1.29 is 0 Å². The molecule has 0 unspecified atom stereocenters. The summed E-state index contributed by atoms with van der Waals surface area (Å²) in [6.45, 7) is 8.71. The van der Waals surface area contributed by atoms with Gasteiger partial charge < -0.3 is 5.43 Å². The Kier molecular flexibility index (Phi) is 7.64. The summed E-state index contributed by atoms with van der Waals surface area (Å²) in [4.78, 5) is 2.53. The first-order valence-corrected chi connectivity index (χ1v) is 8.66. The van der Waals surface area contributed by atoms with Crippen LogP contribution in [-0.4, -0.2) is 18.0 Å². The average molecular weight is 311 g/mol. The van der Waals surface area contributed by atoms with E-state index in [1.54, 1.807) is 0 Å². The van der Waals surface area contributed by atoms with E-state index in [1.807, 2.05) is 30.3 Å². The molecule has 23 heavy (non-hydrogen) atoms. The van der Waals surface area contributed by atoms with Gasteiger partial charge in [-0.2, -0.15) is 0 Å². The molecule has 0 aliphatic heterocycles. The van der Waals surface area contributed by atoms with E-state index < -0.39 is 0 Å². The summed E-state index contributed by atoms with van der Waals surface area (Å²) in [5.74, 6) is 0. The fourth-order valence-electron chi connectivity index (χ4n) is 2.69. The second-order valence-corrected chi connectivity index (χ2v) is 5.94. The zero-order valence-corrected chi connectivity index (χ0v) is 14.4. The Morgan fingerprint density at radius 2 is 1.39 bits per heavy atom. The van der Waals surface area contributed by atoms with Crippen LogP contribution in [0.3, 0.4) is 0 Å². The number of nitrogens with zero attached hydrogens (tertiary/aromatic N) is 1. The molecule has 2 aromatic carbocycles. The standard InChI is InChI=1S/C20H29N3/c1-3-14-23(15-4-2)17-19-12-10-18(11-13-19)16-21-22-20-8-6-5-7-9-20/h5-13,21-22H,3-4,14-17H2,1-2H3. The van der Waals surface area contributed by atoms with Crippen LogP contribution >= 0.6 is 0 Å². The number of hydrogen-bond donors (Lipinski definition) is 2. The summed E-state index contributed by atoms with van der Waals surface area (Å²) in [6, 6.07) is 19.1. The summed E-state index contributed by atoms with van der Waals surface area (Å²) >= 11 is 0. The van der Waals surface area contributed by atoms with Gasteiger partial charge in [0.25, 0.3) is 0 Å². The smallest absolute Gasteiger partial charge is 0.0487 e. The quantitative estimate of drug-likeness (QED) is 0.636. The lowest BCUT2D eigenvalue weighted by Crippen LogP contribution is -2.25. The minimum absolute atomic E-state index is 0.808. The number of benzene rings is 2. The molecule has 2 rings (SSSR count). The second kappa shape index (κ2) is 10.0. The van der Waals surface area contributed by atoms with Crippen LogP contribution in [0.25, 0.3) is 0 Å². The highest BCUT2D eigenvalue weighted by atomic mass is 15.3. The van der Waals surface area contributed by atoms with Gasteiger partial charge in [-0.15, -0.1) is 0 Å². The van der Waals surface area contributed by atoms with Crippen molar-refractivity contribution >= 4 is 5.69 Å². The number of hydrazine groups is 1. The van der Waals surface area contributed by atoms with Crippen LogP contribution in [0.5, 0.6) is 0 Å². The Morgan fingerprint density at radius 3 is 2.00 bits per heavy atom. The zero-order valence-electron chi connectivity index (χ0n) is 14.4. The van der Waals surface area contributed by atoms with Crippen LogP contribution in [0.15, 0.2) is 54.6 Å². The molecular formula is C20H29N3. The van der Waals surface area contributed by atoms with Gasteiger partial charge in [0.15, 0.2) is 0 Å². The number of rotatable bonds is 10. The van der Waals surface area contributed by atoms with E-state index in [0.29, 0.717) is 0 Å². The molecule has 0 radical (unpaired) electrons. The first-order valence-electron chi connectivity index (χ1n) is 8.66. The lowest BCUT2D eigenvalue weighted by molar-refractivity contribution is 0.266. The van der Waals surface area contributed by atoms with Gasteiger partial charge in [0.05, 0.1) is 0 Å². The first kappa shape index (κ1) is 17.5. The molecule has 124 valence electrons. The Labute approximate surface area is 140 Å². The molecule has 3 nitrogen and oxygen atoms in total. The highest BCUT2D eigenvalue weighted by Gasteiger charge is 2.04. The van der Waals surface area contributed by atoms with E-state index in [1.165, 1.54) is 37.1 Å².